The summed E-state index contributed by atoms with van der Waals surface area (Å²) < 4.78 is 10.5. The maximum absolute atomic E-state index is 11.7. The van der Waals surface area contributed by atoms with Crippen molar-refractivity contribution in [1.82, 2.24) is 5.32 Å². The lowest BCUT2D eigenvalue weighted by Crippen LogP contribution is -2.38. The molecular formula is C19H31NO5. The highest BCUT2D eigenvalue weighted by Gasteiger charge is 2.23. The van der Waals surface area contributed by atoms with Crippen LogP contribution in [0.4, 0.5) is 0 Å². The molecule has 0 spiro atoms. The summed E-state index contributed by atoms with van der Waals surface area (Å²) in [6, 6.07) is 5.08. The first-order valence-corrected chi connectivity index (χ1v) is 8.41. The van der Waals surface area contributed by atoms with Gasteiger partial charge in [-0.1, -0.05) is 6.07 Å². The van der Waals surface area contributed by atoms with Crippen LogP contribution in [-0.2, 0) is 16.1 Å². The Labute approximate surface area is 150 Å². The predicted octanol–water partition coefficient (Wildman–Crippen LogP) is 2.53. The molecule has 0 bridgehead atoms. The van der Waals surface area contributed by atoms with Crippen molar-refractivity contribution in [1.29, 1.82) is 0 Å². The normalized spacial score (nSPS) is 13.4. The third-order valence-corrected chi connectivity index (χ3v) is 3.48. The van der Waals surface area contributed by atoms with Gasteiger partial charge in [0.05, 0.1) is 18.1 Å². The van der Waals surface area contributed by atoms with Crippen LogP contribution in [0.25, 0.3) is 0 Å². The Morgan fingerprint density at radius 2 is 1.84 bits per heavy atom. The van der Waals surface area contributed by atoms with Crippen LogP contribution in [0, 0.1) is 5.41 Å². The third-order valence-electron chi connectivity index (χ3n) is 3.48. The van der Waals surface area contributed by atoms with E-state index < -0.39 is 11.5 Å². The van der Waals surface area contributed by atoms with Crippen molar-refractivity contribution in [2.24, 2.45) is 5.41 Å². The van der Waals surface area contributed by atoms with Crippen LogP contribution >= 0.6 is 0 Å². The van der Waals surface area contributed by atoms with E-state index in [1.54, 1.807) is 39.0 Å². The van der Waals surface area contributed by atoms with Crippen molar-refractivity contribution in [2.45, 2.75) is 59.8 Å². The highest BCUT2D eigenvalue weighted by atomic mass is 16.7. The number of carbonyl (C=O) groups excluding carboxylic acids is 1. The standard InChI is InChI=1S/C19H31NO5/c1-18(2,3)17(23)25-12-24-16-8-7-13(9-14(16)11-21)15(22)10-20-19(4,5)6/h7-9,15,20-22H,10-12H2,1-6H3. The van der Waals surface area contributed by atoms with Gasteiger partial charge in [0.15, 0.2) is 0 Å². The number of carbonyl (C=O) groups is 1. The number of hydrogen-bond donors (Lipinski definition) is 3. The largest absolute Gasteiger partial charge is 0.457 e. The SMILES string of the molecule is CC(C)(C)NCC(O)c1ccc(OCOC(=O)C(C)(C)C)c(CO)c1. The molecule has 142 valence electrons. The van der Waals surface area contributed by atoms with E-state index in [0.29, 0.717) is 23.4 Å². The zero-order chi connectivity index (χ0) is 19.3. The molecule has 3 N–H and O–H groups in total. The van der Waals surface area contributed by atoms with E-state index in [-0.39, 0.29) is 24.9 Å². The van der Waals surface area contributed by atoms with Gasteiger partial charge >= 0.3 is 5.97 Å². The number of aliphatic hydroxyl groups excluding tert-OH is 2. The molecule has 0 fully saturated rings. The fraction of sp³-hybridized carbons (Fsp3) is 0.632. The van der Waals surface area contributed by atoms with Gasteiger partial charge in [-0.05, 0) is 59.2 Å². The number of ether oxygens (including phenoxy) is 2. The van der Waals surface area contributed by atoms with Crippen LogP contribution < -0.4 is 10.1 Å². The Bertz CT molecular complexity index is 572. The number of benzene rings is 1. The maximum atomic E-state index is 11.7. The quantitative estimate of drug-likeness (QED) is 0.516. The van der Waals surface area contributed by atoms with Crippen LogP contribution in [0.2, 0.25) is 0 Å². The third kappa shape index (κ3) is 7.42. The van der Waals surface area contributed by atoms with Gasteiger partial charge in [0.25, 0.3) is 0 Å². The molecule has 1 aromatic carbocycles. The molecule has 1 aromatic rings. The maximum Gasteiger partial charge on any atom is 0.314 e. The molecule has 0 aliphatic heterocycles. The van der Waals surface area contributed by atoms with E-state index >= 15 is 0 Å². The van der Waals surface area contributed by atoms with Gasteiger partial charge in [-0.2, -0.15) is 0 Å². The minimum Gasteiger partial charge on any atom is -0.457 e. The van der Waals surface area contributed by atoms with Crippen LogP contribution in [0.3, 0.4) is 0 Å². The van der Waals surface area contributed by atoms with Crippen molar-refractivity contribution in [2.75, 3.05) is 13.3 Å². The van der Waals surface area contributed by atoms with Gasteiger partial charge in [-0.15, -0.1) is 0 Å². The molecule has 0 amide bonds. The smallest absolute Gasteiger partial charge is 0.314 e. The van der Waals surface area contributed by atoms with Crippen molar-refractivity contribution in [3.05, 3.63) is 29.3 Å². The van der Waals surface area contributed by atoms with Crippen molar-refractivity contribution >= 4 is 5.97 Å². The average molecular weight is 353 g/mol. The highest BCUT2D eigenvalue weighted by Crippen LogP contribution is 2.24. The Hall–Kier alpha value is -1.63. The molecule has 6 heteroatoms. The second-order valence-electron chi connectivity index (χ2n) is 8.12. The monoisotopic (exact) mass is 353 g/mol. The van der Waals surface area contributed by atoms with Crippen LogP contribution in [0.5, 0.6) is 5.75 Å². The number of aliphatic hydroxyl groups is 2. The summed E-state index contributed by atoms with van der Waals surface area (Å²) in [5.41, 5.74) is 0.511. The van der Waals surface area contributed by atoms with E-state index in [9.17, 15) is 15.0 Å². The average Bonchev–Trinajstić information content (AvgIpc) is 2.51. The molecule has 0 radical (unpaired) electrons. The van der Waals surface area contributed by atoms with Gasteiger partial charge in [-0.3, -0.25) is 4.79 Å². The minimum absolute atomic E-state index is 0.0965. The summed E-state index contributed by atoms with van der Waals surface area (Å²) in [5.74, 6) is 0.0577. The zero-order valence-corrected chi connectivity index (χ0v) is 16.0. The van der Waals surface area contributed by atoms with E-state index in [2.05, 4.69) is 5.32 Å². The molecule has 0 saturated heterocycles. The molecule has 0 aromatic heterocycles. The number of rotatable bonds is 7. The number of hydrogen-bond acceptors (Lipinski definition) is 6. The first kappa shape index (κ1) is 21.4. The van der Waals surface area contributed by atoms with E-state index in [1.165, 1.54) is 0 Å². The number of esters is 1. The summed E-state index contributed by atoms with van der Waals surface area (Å²) in [7, 11) is 0. The van der Waals surface area contributed by atoms with Gasteiger partial charge < -0.3 is 25.0 Å². The summed E-state index contributed by atoms with van der Waals surface area (Å²) in [6.45, 7) is 11.3. The lowest BCUT2D eigenvalue weighted by molar-refractivity contribution is -0.159. The lowest BCUT2D eigenvalue weighted by atomic mass is 9.98. The zero-order valence-electron chi connectivity index (χ0n) is 16.0. The van der Waals surface area contributed by atoms with E-state index in [0.717, 1.165) is 0 Å². The predicted molar refractivity (Wildman–Crippen MR) is 96.1 cm³/mol. The number of β-amino-alcohol motifs (C(OH)–C–C–N with tert-alkyl or cyclic N) is 1. The van der Waals surface area contributed by atoms with Crippen molar-refractivity contribution < 1.29 is 24.5 Å². The van der Waals surface area contributed by atoms with Gasteiger partial charge in [0.2, 0.25) is 6.79 Å². The first-order valence-electron chi connectivity index (χ1n) is 8.41. The lowest BCUT2D eigenvalue weighted by Gasteiger charge is -2.23. The highest BCUT2D eigenvalue weighted by molar-refractivity contribution is 5.75. The Morgan fingerprint density at radius 1 is 1.20 bits per heavy atom. The molecule has 1 unspecified atom stereocenters. The van der Waals surface area contributed by atoms with Gasteiger partial charge in [0, 0.05) is 17.6 Å². The molecule has 0 aliphatic carbocycles. The topological polar surface area (TPSA) is 88.0 Å². The molecule has 0 heterocycles. The van der Waals surface area contributed by atoms with Crippen molar-refractivity contribution in [3.8, 4) is 5.75 Å². The molecule has 0 saturated carbocycles. The van der Waals surface area contributed by atoms with Gasteiger partial charge in [-0.25, -0.2) is 0 Å². The van der Waals surface area contributed by atoms with Crippen molar-refractivity contribution in [3.63, 3.8) is 0 Å². The summed E-state index contributed by atoms with van der Waals surface area (Å²) >= 11 is 0. The van der Waals surface area contributed by atoms with E-state index in [4.69, 9.17) is 9.47 Å². The molecule has 1 rings (SSSR count). The second kappa shape index (κ2) is 8.65. The Kier molecular flexibility index (Phi) is 7.41. The Morgan fingerprint density at radius 3 is 2.36 bits per heavy atom. The van der Waals surface area contributed by atoms with Crippen LogP contribution in [0.1, 0.15) is 58.8 Å². The molecule has 1 atom stereocenters. The van der Waals surface area contributed by atoms with E-state index in [1.807, 2.05) is 20.8 Å². The molecular weight excluding hydrogens is 322 g/mol. The number of nitrogens with one attached hydrogen (secondary N) is 1. The molecule has 6 nitrogen and oxygen atoms in total. The Balaban J connectivity index is 2.70. The summed E-state index contributed by atoms with van der Waals surface area (Å²) in [5, 5.41) is 23.0. The van der Waals surface area contributed by atoms with Crippen LogP contribution in [0.15, 0.2) is 18.2 Å². The molecule has 0 aliphatic rings. The van der Waals surface area contributed by atoms with Crippen LogP contribution in [-0.4, -0.2) is 35.1 Å². The summed E-state index contributed by atoms with van der Waals surface area (Å²) in [6.07, 6.45) is -0.697. The fourth-order valence-corrected chi connectivity index (χ4v) is 1.95. The van der Waals surface area contributed by atoms with Gasteiger partial charge in [0.1, 0.15) is 5.75 Å². The fourth-order valence-electron chi connectivity index (χ4n) is 1.95. The summed E-state index contributed by atoms with van der Waals surface area (Å²) in [4.78, 5) is 11.7. The second-order valence-corrected chi connectivity index (χ2v) is 8.12. The molecule has 25 heavy (non-hydrogen) atoms. The minimum atomic E-state index is -0.697. The first-order chi connectivity index (χ1) is 11.4.